The summed E-state index contributed by atoms with van der Waals surface area (Å²) in [6.07, 6.45) is -5.41. The Bertz CT molecular complexity index is 994. The second kappa shape index (κ2) is 7.10. The molecule has 0 aliphatic carbocycles. The number of aromatic amines is 1. The highest BCUT2D eigenvalue weighted by atomic mass is 16.5. The number of benzene rings is 1. The fourth-order valence-electron chi connectivity index (χ4n) is 3.77. The van der Waals surface area contributed by atoms with Gasteiger partial charge in [0, 0.05) is 27.7 Å². The summed E-state index contributed by atoms with van der Waals surface area (Å²) in [7, 11) is 0. The molecule has 1 aliphatic heterocycles. The van der Waals surface area contributed by atoms with Crippen LogP contribution in [0.5, 0.6) is 0 Å². The zero-order valence-electron chi connectivity index (χ0n) is 15.6. The van der Waals surface area contributed by atoms with Crippen LogP contribution in [-0.2, 0) is 4.74 Å². The highest BCUT2D eigenvalue weighted by molar-refractivity contribution is 6.22. The SMILES string of the molecule is CC(=O)c1c(N)cc2[nH]c(C3OC[C@@H](O)[C@@H](O)[C@H]3O)c(C(C)=O)c2c1C(C)=O. The molecule has 0 radical (unpaired) electrons. The van der Waals surface area contributed by atoms with Crippen molar-refractivity contribution in [2.24, 2.45) is 0 Å². The van der Waals surface area contributed by atoms with E-state index in [1.54, 1.807) is 0 Å². The largest absolute Gasteiger partial charge is 0.398 e. The molecular formula is C19H22N2O7. The zero-order valence-corrected chi connectivity index (χ0v) is 15.6. The number of aromatic nitrogens is 1. The molecule has 1 saturated heterocycles. The minimum Gasteiger partial charge on any atom is -0.398 e. The van der Waals surface area contributed by atoms with Gasteiger partial charge in [-0.3, -0.25) is 14.4 Å². The first-order valence-electron chi connectivity index (χ1n) is 8.72. The molecule has 1 unspecified atom stereocenters. The number of aliphatic hydroxyl groups is 3. The summed E-state index contributed by atoms with van der Waals surface area (Å²) in [6.45, 7) is 3.57. The summed E-state index contributed by atoms with van der Waals surface area (Å²) in [5.41, 5.74) is 6.62. The van der Waals surface area contributed by atoms with Crippen molar-refractivity contribution in [3.05, 3.63) is 28.5 Å². The Balaban J connectivity index is 2.37. The lowest BCUT2D eigenvalue weighted by Crippen LogP contribution is -2.49. The number of H-pyrrole nitrogens is 1. The zero-order chi connectivity index (χ0) is 20.9. The number of nitrogen functional groups attached to an aromatic ring is 1. The molecule has 1 fully saturated rings. The maximum Gasteiger partial charge on any atom is 0.162 e. The number of ketones is 3. The first-order chi connectivity index (χ1) is 13.1. The third-order valence-electron chi connectivity index (χ3n) is 4.99. The van der Waals surface area contributed by atoms with E-state index in [9.17, 15) is 29.7 Å². The Labute approximate surface area is 160 Å². The average molecular weight is 390 g/mol. The fraction of sp³-hybridized carbons (Fsp3) is 0.421. The molecule has 2 heterocycles. The van der Waals surface area contributed by atoms with Crippen molar-refractivity contribution >= 4 is 33.9 Å². The molecule has 6 N–H and O–H groups in total. The molecule has 2 aromatic rings. The topological polar surface area (TPSA) is 163 Å². The summed E-state index contributed by atoms with van der Waals surface area (Å²) >= 11 is 0. The molecule has 0 spiro atoms. The minimum absolute atomic E-state index is 0.0149. The van der Waals surface area contributed by atoms with Gasteiger partial charge < -0.3 is 30.8 Å². The molecule has 1 aromatic heterocycles. The van der Waals surface area contributed by atoms with E-state index in [-0.39, 0.29) is 40.1 Å². The van der Waals surface area contributed by atoms with Crippen LogP contribution in [0.2, 0.25) is 0 Å². The molecule has 9 heteroatoms. The van der Waals surface area contributed by atoms with Crippen LogP contribution >= 0.6 is 0 Å². The van der Waals surface area contributed by atoms with Gasteiger partial charge in [0.05, 0.1) is 17.9 Å². The van der Waals surface area contributed by atoms with Gasteiger partial charge in [-0.25, -0.2) is 0 Å². The van der Waals surface area contributed by atoms with Gasteiger partial charge in [-0.2, -0.15) is 0 Å². The number of hydrogen-bond acceptors (Lipinski definition) is 8. The van der Waals surface area contributed by atoms with Crippen LogP contribution in [-0.4, -0.2) is 62.6 Å². The molecule has 28 heavy (non-hydrogen) atoms. The number of carbonyl (C=O) groups is 3. The van der Waals surface area contributed by atoms with Gasteiger partial charge in [-0.05, 0) is 26.8 Å². The molecule has 0 saturated carbocycles. The quantitative estimate of drug-likeness (QED) is 0.372. The van der Waals surface area contributed by atoms with E-state index in [0.29, 0.717) is 5.52 Å². The number of fused-ring (bicyclic) bond motifs is 1. The molecule has 0 bridgehead atoms. The summed E-state index contributed by atoms with van der Waals surface area (Å²) in [6, 6.07) is 1.44. The van der Waals surface area contributed by atoms with Gasteiger partial charge in [0.15, 0.2) is 17.3 Å². The normalized spacial score (nSPS) is 25.1. The molecule has 1 aliphatic rings. The molecule has 0 amide bonds. The number of Topliss-reactive ketones (excluding diaryl/α,β-unsaturated/α-hetero) is 3. The Kier molecular flexibility index (Phi) is 5.11. The summed E-state index contributed by atoms with van der Waals surface area (Å²) in [4.78, 5) is 39.9. The van der Waals surface area contributed by atoms with Gasteiger partial charge in [0.1, 0.15) is 24.4 Å². The summed E-state index contributed by atoms with van der Waals surface area (Å²) in [5.74, 6) is -1.30. The molecule has 4 atom stereocenters. The molecule has 3 rings (SSSR count). The predicted molar refractivity (Wildman–Crippen MR) is 99.4 cm³/mol. The van der Waals surface area contributed by atoms with E-state index in [0.717, 1.165) is 0 Å². The lowest BCUT2D eigenvalue weighted by Gasteiger charge is -2.35. The third kappa shape index (κ3) is 3.02. The van der Waals surface area contributed by atoms with E-state index in [1.165, 1.54) is 26.8 Å². The molecule has 9 nitrogen and oxygen atoms in total. The van der Waals surface area contributed by atoms with Crippen molar-refractivity contribution in [1.82, 2.24) is 4.98 Å². The number of carbonyl (C=O) groups excluding carboxylic acids is 3. The van der Waals surface area contributed by atoms with Gasteiger partial charge in [0.2, 0.25) is 0 Å². The van der Waals surface area contributed by atoms with Gasteiger partial charge >= 0.3 is 0 Å². The van der Waals surface area contributed by atoms with Crippen LogP contribution in [0.25, 0.3) is 10.9 Å². The lowest BCUT2D eigenvalue weighted by atomic mass is 9.90. The first-order valence-corrected chi connectivity index (χ1v) is 8.72. The minimum atomic E-state index is -1.51. The average Bonchev–Trinajstić information content (AvgIpc) is 2.96. The number of nitrogens with two attached hydrogens (primary N) is 1. The highest BCUT2D eigenvalue weighted by Crippen LogP contribution is 2.38. The van der Waals surface area contributed by atoms with E-state index in [1.807, 2.05) is 0 Å². The number of anilines is 1. The number of aliphatic hydroxyl groups excluding tert-OH is 3. The van der Waals surface area contributed by atoms with E-state index in [4.69, 9.17) is 10.5 Å². The van der Waals surface area contributed by atoms with Crippen LogP contribution < -0.4 is 5.73 Å². The lowest BCUT2D eigenvalue weighted by molar-refractivity contribution is -0.190. The predicted octanol–water partition coefficient (Wildman–Crippen LogP) is 0.512. The highest BCUT2D eigenvalue weighted by Gasteiger charge is 2.41. The Morgan fingerprint density at radius 1 is 1.00 bits per heavy atom. The second-order valence-corrected chi connectivity index (χ2v) is 7.02. The first kappa shape index (κ1) is 20.2. The van der Waals surface area contributed by atoms with E-state index in [2.05, 4.69) is 4.98 Å². The van der Waals surface area contributed by atoms with Crippen molar-refractivity contribution in [1.29, 1.82) is 0 Å². The fourth-order valence-corrected chi connectivity index (χ4v) is 3.77. The van der Waals surface area contributed by atoms with Gasteiger partial charge in [-0.15, -0.1) is 0 Å². The maximum absolute atomic E-state index is 12.5. The summed E-state index contributed by atoms with van der Waals surface area (Å²) in [5, 5.41) is 30.2. The monoisotopic (exact) mass is 390 g/mol. The van der Waals surface area contributed by atoms with Crippen LogP contribution in [0.1, 0.15) is 63.6 Å². The smallest absolute Gasteiger partial charge is 0.162 e. The van der Waals surface area contributed by atoms with Crippen LogP contribution in [0, 0.1) is 0 Å². The molecule has 1 aromatic carbocycles. The second-order valence-electron chi connectivity index (χ2n) is 7.02. The van der Waals surface area contributed by atoms with E-state index >= 15 is 0 Å². The molecule has 150 valence electrons. The van der Waals surface area contributed by atoms with Gasteiger partial charge in [0.25, 0.3) is 0 Å². The van der Waals surface area contributed by atoms with Crippen molar-refractivity contribution < 1.29 is 34.4 Å². The standard InChI is InChI=1S/C19H22N2O7/c1-6(22)12-9(20)4-10-15(13(12)7(2)23)14(8(3)24)16(21-10)19-18(27)17(26)11(25)5-28-19/h4,11,17-19,21,25-27H,5,20H2,1-3H3/t11-,17-,18-,19?/m1/s1. The number of ether oxygens (including phenoxy) is 1. The number of nitrogens with one attached hydrogen (secondary N) is 1. The molecular weight excluding hydrogens is 368 g/mol. The van der Waals surface area contributed by atoms with Crippen molar-refractivity contribution in [2.75, 3.05) is 12.3 Å². The number of rotatable bonds is 4. The van der Waals surface area contributed by atoms with Crippen molar-refractivity contribution in [3.63, 3.8) is 0 Å². The Morgan fingerprint density at radius 3 is 2.11 bits per heavy atom. The Morgan fingerprint density at radius 2 is 1.57 bits per heavy atom. The van der Waals surface area contributed by atoms with Crippen LogP contribution in [0.4, 0.5) is 5.69 Å². The van der Waals surface area contributed by atoms with Crippen molar-refractivity contribution in [2.45, 2.75) is 45.2 Å². The van der Waals surface area contributed by atoms with E-state index < -0.39 is 41.8 Å². The summed E-state index contributed by atoms with van der Waals surface area (Å²) < 4.78 is 5.46. The van der Waals surface area contributed by atoms with Crippen LogP contribution in [0.3, 0.4) is 0 Å². The number of hydrogen-bond donors (Lipinski definition) is 5. The van der Waals surface area contributed by atoms with Crippen molar-refractivity contribution in [3.8, 4) is 0 Å². The van der Waals surface area contributed by atoms with Gasteiger partial charge in [-0.1, -0.05) is 0 Å². The third-order valence-corrected chi connectivity index (χ3v) is 4.99. The van der Waals surface area contributed by atoms with Crippen LogP contribution in [0.15, 0.2) is 6.07 Å². The maximum atomic E-state index is 12.5. The Hall–Kier alpha value is -2.59.